The van der Waals surface area contributed by atoms with Crippen molar-refractivity contribution in [3.63, 3.8) is 0 Å². The highest BCUT2D eigenvalue weighted by Crippen LogP contribution is 2.35. The van der Waals surface area contributed by atoms with Crippen LogP contribution in [0.15, 0.2) is 48.5 Å². The molecule has 1 N–H and O–H groups in total. The Morgan fingerprint density at radius 2 is 1.84 bits per heavy atom. The van der Waals surface area contributed by atoms with Gasteiger partial charge in [-0.3, -0.25) is 9.69 Å². The lowest BCUT2D eigenvalue weighted by molar-refractivity contribution is -0.126. The lowest BCUT2D eigenvalue weighted by Gasteiger charge is -2.39. The quantitative estimate of drug-likeness (QED) is 0.777. The van der Waals surface area contributed by atoms with Gasteiger partial charge in [-0.15, -0.1) is 0 Å². The summed E-state index contributed by atoms with van der Waals surface area (Å²) in [5, 5.41) is 3.11. The van der Waals surface area contributed by atoms with E-state index >= 15 is 0 Å². The van der Waals surface area contributed by atoms with Gasteiger partial charge in [0.25, 0.3) is 0 Å². The monoisotopic (exact) mass is 435 g/mol. The van der Waals surface area contributed by atoms with Gasteiger partial charge in [-0.05, 0) is 55.9 Å². The highest BCUT2D eigenvalue weighted by Gasteiger charge is 2.34. The smallest absolute Gasteiger partial charge is 0.324 e. The van der Waals surface area contributed by atoms with Crippen molar-refractivity contribution in [1.82, 2.24) is 10.2 Å². The first-order valence-electron chi connectivity index (χ1n) is 11.6. The van der Waals surface area contributed by atoms with Crippen molar-refractivity contribution in [2.45, 2.75) is 45.6 Å². The second kappa shape index (κ2) is 9.63. The van der Waals surface area contributed by atoms with Crippen LogP contribution in [0.5, 0.6) is 5.75 Å². The number of urea groups is 1. The highest BCUT2D eigenvalue weighted by molar-refractivity contribution is 5.94. The van der Waals surface area contributed by atoms with E-state index in [1.54, 1.807) is 0 Å². The molecule has 0 spiro atoms. The Morgan fingerprint density at radius 3 is 2.56 bits per heavy atom. The molecule has 170 valence electrons. The molecule has 0 bridgehead atoms. The van der Waals surface area contributed by atoms with Crippen molar-refractivity contribution in [3.05, 3.63) is 59.7 Å². The Hall–Kier alpha value is -3.02. The van der Waals surface area contributed by atoms with E-state index in [9.17, 15) is 9.59 Å². The van der Waals surface area contributed by atoms with Gasteiger partial charge in [-0.1, -0.05) is 43.3 Å². The summed E-state index contributed by atoms with van der Waals surface area (Å²) in [4.78, 5) is 29.7. The van der Waals surface area contributed by atoms with Gasteiger partial charge in [0.05, 0.1) is 12.2 Å². The lowest BCUT2D eigenvalue weighted by atomic mass is 9.95. The maximum absolute atomic E-state index is 13.3. The van der Waals surface area contributed by atoms with Gasteiger partial charge in [0.2, 0.25) is 5.91 Å². The number of fused-ring (bicyclic) bond motifs is 1. The van der Waals surface area contributed by atoms with Crippen LogP contribution in [0, 0.1) is 12.8 Å². The van der Waals surface area contributed by atoms with Crippen LogP contribution < -0.4 is 15.0 Å². The van der Waals surface area contributed by atoms with Crippen LogP contribution in [0.1, 0.15) is 43.7 Å². The van der Waals surface area contributed by atoms with E-state index < -0.39 is 0 Å². The molecule has 2 aromatic carbocycles. The number of aryl methyl sites for hydroxylation is 1. The van der Waals surface area contributed by atoms with Gasteiger partial charge >= 0.3 is 6.03 Å². The highest BCUT2D eigenvalue weighted by atomic mass is 16.5. The Balaban J connectivity index is 1.31. The maximum atomic E-state index is 13.3. The van der Waals surface area contributed by atoms with Gasteiger partial charge in [-0.2, -0.15) is 0 Å². The SMILES string of the molecule is Cc1ccc2c(c1)N(C(=O)N1CCC(C(=O)NC[C@H](C)c3ccccc3)CC1)C[C@@H](C)O2. The zero-order valence-electron chi connectivity index (χ0n) is 19.2. The molecule has 0 unspecified atom stereocenters. The molecule has 2 heterocycles. The molecule has 2 aliphatic rings. The molecule has 3 amide bonds. The minimum atomic E-state index is -0.0518. The summed E-state index contributed by atoms with van der Waals surface area (Å²) in [6, 6.07) is 16.2. The van der Waals surface area contributed by atoms with Crippen LogP contribution in [-0.2, 0) is 4.79 Å². The number of piperidine rings is 1. The number of hydrogen-bond donors (Lipinski definition) is 1. The average molecular weight is 436 g/mol. The number of hydrogen-bond acceptors (Lipinski definition) is 3. The number of likely N-dealkylation sites (tertiary alicyclic amines) is 1. The van der Waals surface area contributed by atoms with Crippen LogP contribution in [-0.4, -0.2) is 49.1 Å². The van der Waals surface area contributed by atoms with Crippen molar-refractivity contribution >= 4 is 17.6 Å². The molecule has 0 aliphatic carbocycles. The molecule has 32 heavy (non-hydrogen) atoms. The third-order valence-corrected chi connectivity index (χ3v) is 6.49. The fourth-order valence-corrected chi connectivity index (χ4v) is 4.53. The van der Waals surface area contributed by atoms with Crippen LogP contribution in [0.25, 0.3) is 0 Å². The molecule has 1 saturated heterocycles. The molecule has 6 heteroatoms. The van der Waals surface area contributed by atoms with Gasteiger partial charge in [0.15, 0.2) is 0 Å². The second-order valence-electron chi connectivity index (χ2n) is 9.11. The van der Waals surface area contributed by atoms with Crippen molar-refractivity contribution in [1.29, 1.82) is 0 Å². The van der Waals surface area contributed by atoms with Crippen molar-refractivity contribution in [2.75, 3.05) is 31.1 Å². The molecule has 2 aromatic rings. The molecular weight excluding hydrogens is 402 g/mol. The van der Waals surface area contributed by atoms with Crippen LogP contribution in [0.3, 0.4) is 0 Å². The predicted octanol–water partition coefficient (Wildman–Crippen LogP) is 4.33. The Morgan fingerprint density at radius 1 is 1.12 bits per heavy atom. The molecule has 0 radical (unpaired) electrons. The Labute approximate surface area is 190 Å². The standard InChI is InChI=1S/C26H33N3O3/c1-18-9-10-24-23(15-18)29(17-20(3)32-24)26(31)28-13-11-22(12-14-28)25(30)27-16-19(2)21-7-5-4-6-8-21/h4-10,15,19-20,22H,11-14,16-17H2,1-3H3,(H,27,30)/t19-,20+/m0/s1. The summed E-state index contributed by atoms with van der Waals surface area (Å²) in [6.07, 6.45) is 1.33. The van der Waals surface area contributed by atoms with E-state index in [-0.39, 0.29) is 29.9 Å². The first-order valence-corrected chi connectivity index (χ1v) is 11.6. The number of carbonyl (C=O) groups excluding carboxylic acids is 2. The van der Waals surface area contributed by atoms with E-state index in [2.05, 4.69) is 24.4 Å². The van der Waals surface area contributed by atoms with Crippen molar-refractivity contribution in [3.8, 4) is 5.75 Å². The van der Waals surface area contributed by atoms with Gasteiger partial charge in [0.1, 0.15) is 11.9 Å². The zero-order chi connectivity index (χ0) is 22.7. The topological polar surface area (TPSA) is 61.9 Å². The zero-order valence-corrected chi connectivity index (χ0v) is 19.2. The number of amides is 3. The van der Waals surface area contributed by atoms with Gasteiger partial charge < -0.3 is 15.0 Å². The minimum absolute atomic E-state index is 0.00329. The molecule has 0 saturated carbocycles. The average Bonchev–Trinajstić information content (AvgIpc) is 2.82. The van der Waals surface area contributed by atoms with E-state index in [1.165, 1.54) is 5.56 Å². The van der Waals surface area contributed by atoms with Crippen LogP contribution in [0.4, 0.5) is 10.5 Å². The Kier molecular flexibility index (Phi) is 6.68. The summed E-state index contributed by atoms with van der Waals surface area (Å²) in [7, 11) is 0. The number of nitrogens with zero attached hydrogens (tertiary/aromatic N) is 2. The van der Waals surface area contributed by atoms with E-state index in [0.717, 1.165) is 17.0 Å². The summed E-state index contributed by atoms with van der Waals surface area (Å²) in [5.41, 5.74) is 3.16. The van der Waals surface area contributed by atoms with Crippen molar-refractivity contribution < 1.29 is 14.3 Å². The third kappa shape index (κ3) is 4.90. The van der Waals surface area contributed by atoms with Crippen LogP contribution in [0.2, 0.25) is 0 Å². The lowest BCUT2D eigenvalue weighted by Crippen LogP contribution is -2.52. The number of benzene rings is 2. The van der Waals surface area contributed by atoms with Gasteiger partial charge in [-0.25, -0.2) is 4.79 Å². The molecule has 4 rings (SSSR count). The number of carbonyl (C=O) groups is 2. The summed E-state index contributed by atoms with van der Waals surface area (Å²) in [5.74, 6) is 1.08. The molecule has 6 nitrogen and oxygen atoms in total. The summed E-state index contributed by atoms with van der Waals surface area (Å²) >= 11 is 0. The third-order valence-electron chi connectivity index (χ3n) is 6.49. The molecule has 0 aromatic heterocycles. The summed E-state index contributed by atoms with van der Waals surface area (Å²) in [6.45, 7) is 8.48. The van der Waals surface area contributed by atoms with E-state index in [1.807, 2.05) is 60.0 Å². The molecule has 2 atom stereocenters. The van der Waals surface area contributed by atoms with Crippen molar-refractivity contribution in [2.24, 2.45) is 5.92 Å². The number of anilines is 1. The Bertz CT molecular complexity index is 954. The van der Waals surface area contributed by atoms with E-state index in [0.29, 0.717) is 39.0 Å². The first kappa shape index (κ1) is 22.2. The summed E-state index contributed by atoms with van der Waals surface area (Å²) < 4.78 is 5.92. The number of nitrogens with one attached hydrogen (secondary N) is 1. The van der Waals surface area contributed by atoms with Gasteiger partial charge in [0, 0.05) is 25.6 Å². The number of ether oxygens (including phenoxy) is 1. The molecule has 2 aliphatic heterocycles. The molecular formula is C26H33N3O3. The minimum Gasteiger partial charge on any atom is -0.487 e. The normalized spacial score (nSPS) is 19.7. The van der Waals surface area contributed by atoms with Crippen LogP contribution >= 0.6 is 0 Å². The fraction of sp³-hybridized carbons (Fsp3) is 0.462. The largest absolute Gasteiger partial charge is 0.487 e. The fourth-order valence-electron chi connectivity index (χ4n) is 4.53. The molecule has 1 fully saturated rings. The number of rotatable bonds is 4. The second-order valence-corrected chi connectivity index (χ2v) is 9.11. The maximum Gasteiger partial charge on any atom is 0.324 e. The van der Waals surface area contributed by atoms with E-state index in [4.69, 9.17) is 4.74 Å². The predicted molar refractivity (Wildman–Crippen MR) is 126 cm³/mol. The first-order chi connectivity index (χ1) is 15.4.